The van der Waals surface area contributed by atoms with Gasteiger partial charge in [0.15, 0.2) is 5.82 Å². The van der Waals surface area contributed by atoms with Crippen LogP contribution in [0, 0.1) is 5.82 Å². The zero-order valence-electron chi connectivity index (χ0n) is 5.74. The van der Waals surface area contributed by atoms with Crippen molar-refractivity contribution in [3.63, 3.8) is 0 Å². The van der Waals surface area contributed by atoms with Gasteiger partial charge in [0.1, 0.15) is 0 Å². The van der Waals surface area contributed by atoms with Crippen LogP contribution in [0.4, 0.5) is 4.39 Å². The summed E-state index contributed by atoms with van der Waals surface area (Å²) in [6.07, 6.45) is 1.59. The predicted octanol–water partition coefficient (Wildman–Crippen LogP) is 3.12. The van der Waals surface area contributed by atoms with Gasteiger partial charge in [-0.25, -0.2) is 4.39 Å². The lowest BCUT2D eigenvalue weighted by atomic mass is 10.2. The lowest BCUT2D eigenvalue weighted by molar-refractivity contribution is 0.623. The van der Waals surface area contributed by atoms with Gasteiger partial charge < -0.3 is 0 Å². The molecule has 0 radical (unpaired) electrons. The number of nitrogens with one attached hydrogen (secondary N) is 1. The van der Waals surface area contributed by atoms with E-state index in [1.807, 2.05) is 0 Å². The first kappa shape index (κ1) is 8.01. The maximum atomic E-state index is 13.1. The molecule has 2 rings (SSSR count). The van der Waals surface area contributed by atoms with Crippen molar-refractivity contribution in [1.29, 1.82) is 0 Å². The highest BCUT2D eigenvalue weighted by Crippen LogP contribution is 2.30. The van der Waals surface area contributed by atoms with Gasteiger partial charge in [0.25, 0.3) is 0 Å². The molecule has 0 atom stereocenters. The minimum atomic E-state index is -0.464. The van der Waals surface area contributed by atoms with E-state index >= 15 is 0 Å². The molecule has 1 aromatic carbocycles. The minimum absolute atomic E-state index is 0.0933. The van der Waals surface area contributed by atoms with E-state index < -0.39 is 5.82 Å². The SMILES string of the molecule is Fc1c(Cl)cc2cn[nH]c2c1Br. The van der Waals surface area contributed by atoms with Crippen LogP contribution in [0.2, 0.25) is 5.02 Å². The number of aromatic nitrogens is 2. The highest BCUT2D eigenvalue weighted by Gasteiger charge is 2.10. The van der Waals surface area contributed by atoms with E-state index in [2.05, 4.69) is 26.1 Å². The molecule has 1 N–H and O–H groups in total. The van der Waals surface area contributed by atoms with E-state index in [0.29, 0.717) is 9.99 Å². The molecule has 2 nitrogen and oxygen atoms in total. The molecule has 0 aliphatic rings. The van der Waals surface area contributed by atoms with Crippen LogP contribution in [-0.4, -0.2) is 10.2 Å². The van der Waals surface area contributed by atoms with Crippen LogP contribution in [0.3, 0.4) is 0 Å². The zero-order chi connectivity index (χ0) is 8.72. The van der Waals surface area contributed by atoms with Crippen molar-refractivity contribution in [2.24, 2.45) is 0 Å². The summed E-state index contributed by atoms with van der Waals surface area (Å²) in [5.74, 6) is -0.464. The second-order valence-electron chi connectivity index (χ2n) is 2.32. The Morgan fingerprint density at radius 2 is 2.33 bits per heavy atom. The van der Waals surface area contributed by atoms with Gasteiger partial charge >= 0.3 is 0 Å². The van der Waals surface area contributed by atoms with Crippen molar-refractivity contribution in [2.75, 3.05) is 0 Å². The number of nitrogens with zero attached hydrogens (tertiary/aromatic N) is 1. The van der Waals surface area contributed by atoms with Crippen molar-refractivity contribution in [3.8, 4) is 0 Å². The summed E-state index contributed by atoms with van der Waals surface area (Å²) >= 11 is 8.68. The summed E-state index contributed by atoms with van der Waals surface area (Å²) in [6, 6.07) is 1.53. The van der Waals surface area contributed by atoms with E-state index in [0.717, 1.165) is 5.39 Å². The Kier molecular flexibility index (Phi) is 1.81. The fourth-order valence-corrected chi connectivity index (χ4v) is 1.85. The molecule has 1 heterocycles. The number of fused-ring (bicyclic) bond motifs is 1. The number of aromatic amines is 1. The number of hydrogen-bond acceptors (Lipinski definition) is 1. The van der Waals surface area contributed by atoms with Crippen LogP contribution in [-0.2, 0) is 0 Å². The molecule has 0 saturated carbocycles. The molecule has 0 spiro atoms. The van der Waals surface area contributed by atoms with E-state index in [1.165, 1.54) is 6.07 Å². The van der Waals surface area contributed by atoms with Crippen LogP contribution in [0.25, 0.3) is 10.9 Å². The Morgan fingerprint density at radius 3 is 3.08 bits per heavy atom. The molecule has 1 aromatic heterocycles. The Morgan fingerprint density at radius 1 is 1.58 bits per heavy atom. The van der Waals surface area contributed by atoms with Gasteiger partial charge in [-0.15, -0.1) is 0 Å². The van der Waals surface area contributed by atoms with E-state index in [1.54, 1.807) is 6.20 Å². The fraction of sp³-hybridized carbons (Fsp3) is 0. The maximum absolute atomic E-state index is 13.1. The molecule has 12 heavy (non-hydrogen) atoms. The first-order valence-electron chi connectivity index (χ1n) is 3.16. The van der Waals surface area contributed by atoms with Crippen LogP contribution in [0.15, 0.2) is 16.7 Å². The largest absolute Gasteiger partial charge is 0.277 e. The number of benzene rings is 1. The molecule has 0 aliphatic heterocycles. The van der Waals surface area contributed by atoms with Gasteiger partial charge in [-0.1, -0.05) is 11.6 Å². The van der Waals surface area contributed by atoms with Gasteiger partial charge in [0.05, 0.1) is 21.2 Å². The third-order valence-electron chi connectivity index (χ3n) is 1.57. The van der Waals surface area contributed by atoms with Crippen LogP contribution in [0.5, 0.6) is 0 Å². The zero-order valence-corrected chi connectivity index (χ0v) is 8.08. The van der Waals surface area contributed by atoms with E-state index in [4.69, 9.17) is 11.6 Å². The van der Waals surface area contributed by atoms with Gasteiger partial charge in [-0.2, -0.15) is 5.10 Å². The summed E-state index contributed by atoms with van der Waals surface area (Å²) in [7, 11) is 0. The summed E-state index contributed by atoms with van der Waals surface area (Å²) in [4.78, 5) is 0. The Balaban J connectivity index is 2.94. The average Bonchev–Trinajstić information content (AvgIpc) is 2.48. The molecule has 0 unspecified atom stereocenters. The van der Waals surface area contributed by atoms with Crippen LogP contribution < -0.4 is 0 Å². The molecule has 0 bridgehead atoms. The normalized spacial score (nSPS) is 10.9. The van der Waals surface area contributed by atoms with E-state index in [9.17, 15) is 4.39 Å². The topological polar surface area (TPSA) is 28.7 Å². The second kappa shape index (κ2) is 2.71. The smallest absolute Gasteiger partial charge is 0.158 e. The van der Waals surface area contributed by atoms with Crippen molar-refractivity contribution >= 4 is 38.4 Å². The Bertz CT molecular complexity index is 440. The maximum Gasteiger partial charge on any atom is 0.158 e. The highest BCUT2D eigenvalue weighted by atomic mass is 79.9. The molecular weight excluding hydrogens is 246 g/mol. The Labute approximate surface area is 80.8 Å². The van der Waals surface area contributed by atoms with Gasteiger partial charge in [0, 0.05) is 5.39 Å². The van der Waals surface area contributed by atoms with Gasteiger partial charge in [-0.05, 0) is 22.0 Å². The third kappa shape index (κ3) is 1.03. The molecule has 5 heteroatoms. The second-order valence-corrected chi connectivity index (χ2v) is 3.52. The summed E-state index contributed by atoms with van der Waals surface area (Å²) in [6.45, 7) is 0. The third-order valence-corrected chi connectivity index (χ3v) is 2.59. The molecule has 0 amide bonds. The van der Waals surface area contributed by atoms with Gasteiger partial charge in [0.2, 0.25) is 0 Å². The van der Waals surface area contributed by atoms with Crippen LogP contribution >= 0.6 is 27.5 Å². The highest BCUT2D eigenvalue weighted by molar-refractivity contribution is 9.10. The van der Waals surface area contributed by atoms with Crippen LogP contribution in [0.1, 0.15) is 0 Å². The van der Waals surface area contributed by atoms with E-state index in [-0.39, 0.29) is 5.02 Å². The number of hydrogen-bond donors (Lipinski definition) is 1. The molecule has 0 saturated heterocycles. The van der Waals surface area contributed by atoms with Crippen molar-refractivity contribution in [2.45, 2.75) is 0 Å². The van der Waals surface area contributed by atoms with Crippen molar-refractivity contribution < 1.29 is 4.39 Å². The first-order valence-corrected chi connectivity index (χ1v) is 4.34. The summed E-state index contributed by atoms with van der Waals surface area (Å²) in [5, 5.41) is 7.30. The Hall–Kier alpha value is -0.610. The first-order chi connectivity index (χ1) is 5.70. The molecule has 0 fully saturated rings. The molecule has 62 valence electrons. The predicted molar refractivity (Wildman–Crippen MR) is 48.8 cm³/mol. The van der Waals surface area contributed by atoms with Crippen molar-refractivity contribution in [3.05, 3.63) is 27.6 Å². The van der Waals surface area contributed by atoms with Gasteiger partial charge in [-0.3, -0.25) is 5.10 Å². The minimum Gasteiger partial charge on any atom is -0.277 e. The average molecular weight is 249 g/mol. The number of halogens is 3. The standard InChI is InChI=1S/C7H3BrClFN2/c8-5-6(10)4(9)1-3-2-11-12-7(3)5/h1-2H,(H,11,12). The number of rotatable bonds is 0. The lowest BCUT2D eigenvalue weighted by Crippen LogP contribution is -1.81. The van der Waals surface area contributed by atoms with Crippen molar-refractivity contribution in [1.82, 2.24) is 10.2 Å². The quantitative estimate of drug-likeness (QED) is 0.714. The molecule has 0 aliphatic carbocycles. The summed E-state index contributed by atoms with van der Waals surface area (Å²) < 4.78 is 13.4. The number of H-pyrrole nitrogens is 1. The lowest BCUT2D eigenvalue weighted by Gasteiger charge is -1.97. The monoisotopic (exact) mass is 248 g/mol. The molecule has 2 aromatic rings. The molecular formula is C7H3BrClFN2. The fourth-order valence-electron chi connectivity index (χ4n) is 0.995. The summed E-state index contributed by atoms with van der Waals surface area (Å²) in [5.41, 5.74) is 0.622.